The Morgan fingerprint density at radius 2 is 1.82 bits per heavy atom. The molecule has 2 saturated heterocycles. The molecule has 7 heteroatoms. The average molecular weight is 564 g/mol. The molecule has 0 saturated carbocycles. The number of carbonyl (C=O) groups is 1. The molecule has 2 aliphatic heterocycles. The predicted molar refractivity (Wildman–Crippen MR) is 159 cm³/mol. The number of aromatic nitrogens is 1. The number of carboxylic acid groups (broad SMARTS) is 1. The summed E-state index contributed by atoms with van der Waals surface area (Å²) in [6.45, 7) is 8.55. The maximum absolute atomic E-state index is 14.2. The highest BCUT2D eigenvalue weighted by Crippen LogP contribution is 2.38. The molecule has 1 N–H and O–H groups in total. The van der Waals surface area contributed by atoms with Gasteiger partial charge in [-0.2, -0.15) is 0 Å². The number of rotatable bonds is 11. The Morgan fingerprint density at radius 3 is 2.50 bits per heavy atom. The highest BCUT2D eigenvalue weighted by Gasteiger charge is 2.42. The van der Waals surface area contributed by atoms with Crippen molar-refractivity contribution in [1.82, 2.24) is 14.8 Å². The van der Waals surface area contributed by atoms with Gasteiger partial charge in [-0.3, -0.25) is 9.69 Å². The lowest BCUT2D eigenvalue weighted by Crippen LogP contribution is -2.45. The normalized spacial score (nSPS) is 21.7. The van der Waals surface area contributed by atoms with Crippen molar-refractivity contribution in [3.05, 3.63) is 87.6 Å². The van der Waals surface area contributed by atoms with Crippen LogP contribution >= 0.6 is 11.3 Å². The highest BCUT2D eigenvalue weighted by molar-refractivity contribution is 7.11. The number of piperidine rings is 1. The van der Waals surface area contributed by atoms with Gasteiger partial charge in [-0.15, -0.1) is 11.3 Å². The van der Waals surface area contributed by atoms with E-state index in [-0.39, 0.29) is 23.6 Å². The summed E-state index contributed by atoms with van der Waals surface area (Å²) in [5, 5.41) is 11.4. The number of carboxylic acids is 1. The Balaban J connectivity index is 1.24. The number of benzene rings is 2. The van der Waals surface area contributed by atoms with Gasteiger partial charge in [-0.25, -0.2) is 9.37 Å². The van der Waals surface area contributed by atoms with Crippen LogP contribution in [-0.4, -0.2) is 64.6 Å². The molecule has 0 unspecified atom stereocenters. The van der Waals surface area contributed by atoms with Gasteiger partial charge in [0.15, 0.2) is 0 Å². The molecule has 0 amide bonds. The van der Waals surface area contributed by atoms with Crippen molar-refractivity contribution in [2.24, 2.45) is 11.8 Å². The molecule has 2 aromatic carbocycles. The van der Waals surface area contributed by atoms with Crippen molar-refractivity contribution in [3.8, 4) is 0 Å². The lowest BCUT2D eigenvalue weighted by atomic mass is 9.87. The van der Waals surface area contributed by atoms with E-state index in [9.17, 15) is 14.3 Å². The molecule has 0 bridgehead atoms. The SMILES string of the molecule is CCC(CC)[C@H](C(=O)O)N1C[C@H](CN2CCC(c3cnc(Cc4ccccc4)s3)CC2)[C@@H](c2cccc(F)c2)C1. The first-order chi connectivity index (χ1) is 19.4. The fourth-order valence-electron chi connectivity index (χ4n) is 6.92. The summed E-state index contributed by atoms with van der Waals surface area (Å²) < 4.78 is 14.2. The average Bonchev–Trinajstić information content (AvgIpc) is 3.59. The molecule has 2 fully saturated rings. The number of hydrogen-bond donors (Lipinski definition) is 1. The van der Waals surface area contributed by atoms with Crippen LogP contribution < -0.4 is 0 Å². The van der Waals surface area contributed by atoms with E-state index in [1.807, 2.05) is 23.5 Å². The zero-order valence-corrected chi connectivity index (χ0v) is 24.5. The van der Waals surface area contributed by atoms with E-state index in [4.69, 9.17) is 4.98 Å². The Morgan fingerprint density at radius 1 is 1.07 bits per heavy atom. The van der Waals surface area contributed by atoms with Crippen LogP contribution in [0.3, 0.4) is 0 Å². The van der Waals surface area contributed by atoms with Gasteiger partial charge < -0.3 is 10.0 Å². The molecule has 2 aliphatic rings. The van der Waals surface area contributed by atoms with E-state index < -0.39 is 12.0 Å². The van der Waals surface area contributed by atoms with Crippen molar-refractivity contribution in [2.75, 3.05) is 32.7 Å². The van der Waals surface area contributed by atoms with Gasteiger partial charge in [-0.05, 0) is 66.9 Å². The molecule has 5 nitrogen and oxygen atoms in total. The van der Waals surface area contributed by atoms with Gasteiger partial charge in [0.05, 0.1) is 5.01 Å². The molecule has 0 spiro atoms. The van der Waals surface area contributed by atoms with Crippen molar-refractivity contribution < 1.29 is 14.3 Å². The lowest BCUT2D eigenvalue weighted by molar-refractivity contribution is -0.145. The van der Waals surface area contributed by atoms with E-state index >= 15 is 0 Å². The minimum absolute atomic E-state index is 0.117. The van der Waals surface area contributed by atoms with Crippen LogP contribution in [0.5, 0.6) is 0 Å². The Bertz CT molecular complexity index is 1240. The first kappa shape index (κ1) is 28.9. The maximum atomic E-state index is 14.2. The third kappa shape index (κ3) is 6.81. The second-order valence-electron chi connectivity index (χ2n) is 11.6. The van der Waals surface area contributed by atoms with Crippen LogP contribution in [0.1, 0.15) is 72.4 Å². The summed E-state index contributed by atoms with van der Waals surface area (Å²) in [4.78, 5) is 23.2. The minimum atomic E-state index is -0.732. The van der Waals surface area contributed by atoms with Crippen molar-refractivity contribution in [2.45, 2.75) is 63.8 Å². The summed E-state index contributed by atoms with van der Waals surface area (Å²) in [5.74, 6) is 0.114. The van der Waals surface area contributed by atoms with Crippen molar-refractivity contribution >= 4 is 17.3 Å². The maximum Gasteiger partial charge on any atom is 0.321 e. The molecule has 1 aromatic heterocycles. The molecule has 3 aromatic rings. The number of nitrogens with zero attached hydrogens (tertiary/aromatic N) is 3. The molecular formula is C33H42FN3O2S. The number of halogens is 1. The fraction of sp³-hybridized carbons (Fsp3) is 0.515. The molecule has 0 radical (unpaired) electrons. The third-order valence-corrected chi connectivity index (χ3v) is 10.3. The molecule has 40 heavy (non-hydrogen) atoms. The highest BCUT2D eigenvalue weighted by atomic mass is 32.1. The van der Waals surface area contributed by atoms with Crippen LogP contribution in [0.15, 0.2) is 60.8 Å². The molecule has 3 heterocycles. The zero-order valence-electron chi connectivity index (χ0n) is 23.7. The summed E-state index contributed by atoms with van der Waals surface area (Å²) in [5.41, 5.74) is 2.29. The monoisotopic (exact) mass is 563 g/mol. The second kappa shape index (κ2) is 13.4. The Labute approximate surface area is 242 Å². The summed E-state index contributed by atoms with van der Waals surface area (Å²) in [6, 6.07) is 17.0. The Hall–Kier alpha value is -2.61. The van der Waals surface area contributed by atoms with Gasteiger partial charge in [-0.1, -0.05) is 69.2 Å². The second-order valence-corrected chi connectivity index (χ2v) is 12.8. The predicted octanol–water partition coefficient (Wildman–Crippen LogP) is 6.66. The fourth-order valence-corrected chi connectivity index (χ4v) is 8.04. The lowest BCUT2D eigenvalue weighted by Gasteiger charge is -2.34. The number of hydrogen-bond acceptors (Lipinski definition) is 5. The van der Waals surface area contributed by atoms with Crippen LogP contribution in [-0.2, 0) is 11.2 Å². The van der Waals surface area contributed by atoms with Crippen LogP contribution in [0.2, 0.25) is 0 Å². The van der Waals surface area contributed by atoms with E-state index in [0.717, 1.165) is 63.8 Å². The van der Waals surface area contributed by atoms with Crippen LogP contribution in [0.25, 0.3) is 0 Å². The quantitative estimate of drug-likeness (QED) is 0.283. The third-order valence-electron chi connectivity index (χ3n) is 9.14. The molecule has 3 atom stereocenters. The van der Waals surface area contributed by atoms with Crippen molar-refractivity contribution in [3.63, 3.8) is 0 Å². The summed E-state index contributed by atoms with van der Waals surface area (Å²) in [6.07, 6.45) is 6.88. The molecule has 5 rings (SSSR count). The number of aliphatic carboxylic acids is 1. The molecule has 0 aliphatic carbocycles. The summed E-state index contributed by atoms with van der Waals surface area (Å²) >= 11 is 1.85. The number of thiazole rings is 1. The standard InChI is InChI=1S/C33H42FN3O2S/c1-3-24(4-2)32(33(38)39)37-21-27(29(22-37)26-11-8-12-28(34)18-26)20-36-15-13-25(14-16-36)30-19-35-31(40-30)17-23-9-6-5-7-10-23/h5-12,18-19,24-25,27,29,32H,3-4,13-17,20-22H2,1-2H3,(H,38,39)/t27-,29+,32+/m0/s1. The van der Waals surface area contributed by atoms with E-state index in [1.54, 1.807) is 12.1 Å². The van der Waals surface area contributed by atoms with Gasteiger partial charge in [0.2, 0.25) is 0 Å². The first-order valence-electron chi connectivity index (χ1n) is 14.9. The largest absolute Gasteiger partial charge is 0.480 e. The summed E-state index contributed by atoms with van der Waals surface area (Å²) in [7, 11) is 0. The number of likely N-dealkylation sites (tertiary alicyclic amines) is 2. The molecule has 214 valence electrons. The Kier molecular flexibility index (Phi) is 9.66. The van der Waals surface area contributed by atoms with Gasteiger partial charge >= 0.3 is 5.97 Å². The first-order valence-corrected chi connectivity index (χ1v) is 15.7. The van der Waals surface area contributed by atoms with Crippen molar-refractivity contribution in [1.29, 1.82) is 0 Å². The van der Waals surface area contributed by atoms with Crippen LogP contribution in [0.4, 0.5) is 4.39 Å². The minimum Gasteiger partial charge on any atom is -0.480 e. The van der Waals surface area contributed by atoms with Crippen LogP contribution in [0, 0.1) is 17.7 Å². The smallest absolute Gasteiger partial charge is 0.321 e. The van der Waals surface area contributed by atoms with Gasteiger partial charge in [0, 0.05) is 43.0 Å². The van der Waals surface area contributed by atoms with E-state index in [1.165, 1.54) is 21.5 Å². The molecular weight excluding hydrogens is 521 g/mol. The van der Waals surface area contributed by atoms with Gasteiger partial charge in [0.25, 0.3) is 0 Å². The van der Waals surface area contributed by atoms with Gasteiger partial charge in [0.1, 0.15) is 11.9 Å². The topological polar surface area (TPSA) is 56.7 Å². The zero-order chi connectivity index (χ0) is 28.1. The van der Waals surface area contributed by atoms with E-state index in [0.29, 0.717) is 12.5 Å². The van der Waals surface area contributed by atoms with E-state index in [2.05, 4.69) is 54.1 Å².